The molecule has 0 aliphatic heterocycles. The Morgan fingerprint density at radius 3 is 2.14 bits per heavy atom. The van der Waals surface area contributed by atoms with E-state index in [1.165, 1.54) is 19.2 Å². The summed E-state index contributed by atoms with van der Waals surface area (Å²) in [6.45, 7) is 3.50. The van der Waals surface area contributed by atoms with Crippen LogP contribution >= 0.6 is 0 Å². The summed E-state index contributed by atoms with van der Waals surface area (Å²) in [6.07, 6.45) is -4.52. The molecule has 0 saturated carbocycles. The Balaban J connectivity index is 2.70. The molecule has 1 aromatic carbocycles. The number of ether oxygens (including phenoxy) is 1. The molecule has 22 heavy (non-hydrogen) atoms. The van der Waals surface area contributed by atoms with Crippen LogP contribution in [0.3, 0.4) is 0 Å². The zero-order valence-corrected chi connectivity index (χ0v) is 12.5. The number of carbonyl (C=O) groups excluding carboxylic acids is 2. The Bertz CT molecular complexity index is 524. The summed E-state index contributed by atoms with van der Waals surface area (Å²) < 4.78 is 41.9. The number of rotatable bonds is 5. The highest BCUT2D eigenvalue weighted by atomic mass is 19.4. The van der Waals surface area contributed by atoms with Crippen LogP contribution in [0.25, 0.3) is 0 Å². The van der Waals surface area contributed by atoms with Crippen LogP contribution in [0.1, 0.15) is 25.0 Å². The van der Waals surface area contributed by atoms with E-state index in [2.05, 4.69) is 10.1 Å². The molecular formula is C15H18F3NO3. The molecule has 1 aromatic rings. The molecule has 4 nitrogen and oxygen atoms in total. The second-order valence-electron chi connectivity index (χ2n) is 5.18. The molecule has 0 fully saturated rings. The van der Waals surface area contributed by atoms with Gasteiger partial charge >= 0.3 is 12.1 Å². The fraction of sp³-hybridized carbons (Fsp3) is 0.467. The second kappa shape index (κ2) is 7.29. The molecule has 0 spiro atoms. The number of esters is 1. The summed E-state index contributed by atoms with van der Waals surface area (Å²) in [6, 6.07) is 3.54. The van der Waals surface area contributed by atoms with E-state index < -0.39 is 29.7 Å². The third-order valence-electron chi connectivity index (χ3n) is 3.08. The van der Waals surface area contributed by atoms with Crippen molar-refractivity contribution in [3.8, 4) is 0 Å². The van der Waals surface area contributed by atoms with Gasteiger partial charge in [-0.25, -0.2) is 4.79 Å². The lowest BCUT2D eigenvalue weighted by atomic mass is 10.0. The predicted molar refractivity (Wildman–Crippen MR) is 73.9 cm³/mol. The second-order valence-corrected chi connectivity index (χ2v) is 5.18. The molecule has 0 saturated heterocycles. The van der Waals surface area contributed by atoms with Crippen molar-refractivity contribution in [3.05, 3.63) is 35.4 Å². The minimum Gasteiger partial charge on any atom is -0.467 e. The predicted octanol–water partition coefficient (Wildman–Crippen LogP) is 2.56. The summed E-state index contributed by atoms with van der Waals surface area (Å²) in [5.41, 5.74) is -0.343. The molecule has 7 heteroatoms. The van der Waals surface area contributed by atoms with Gasteiger partial charge in [0.05, 0.1) is 19.1 Å². The van der Waals surface area contributed by atoms with Gasteiger partial charge in [0.1, 0.15) is 6.04 Å². The quantitative estimate of drug-likeness (QED) is 0.849. The van der Waals surface area contributed by atoms with Crippen LogP contribution < -0.4 is 5.32 Å². The molecule has 0 bridgehead atoms. The molecule has 0 aromatic heterocycles. The fourth-order valence-electron chi connectivity index (χ4n) is 1.85. The Hall–Kier alpha value is -2.05. The van der Waals surface area contributed by atoms with Crippen molar-refractivity contribution in [2.24, 2.45) is 5.92 Å². The smallest absolute Gasteiger partial charge is 0.416 e. The van der Waals surface area contributed by atoms with Gasteiger partial charge in [0, 0.05) is 0 Å². The summed E-state index contributed by atoms with van der Waals surface area (Å²) in [4.78, 5) is 23.4. The average Bonchev–Trinajstić information content (AvgIpc) is 2.43. The number of benzene rings is 1. The summed E-state index contributed by atoms with van der Waals surface area (Å²) in [7, 11) is 1.22. The summed E-state index contributed by atoms with van der Waals surface area (Å²) in [5, 5.41) is 2.52. The summed E-state index contributed by atoms with van der Waals surface area (Å²) >= 11 is 0. The van der Waals surface area contributed by atoms with Gasteiger partial charge in [-0.05, 0) is 23.6 Å². The molecule has 0 unspecified atom stereocenters. The minimum atomic E-state index is -4.41. The maximum atomic E-state index is 12.4. The van der Waals surface area contributed by atoms with E-state index in [9.17, 15) is 22.8 Å². The molecule has 1 N–H and O–H groups in total. The highest BCUT2D eigenvalue weighted by Gasteiger charge is 2.30. The number of hydrogen-bond acceptors (Lipinski definition) is 3. The summed E-state index contributed by atoms with van der Waals surface area (Å²) in [5.74, 6) is -1.18. The lowest BCUT2D eigenvalue weighted by Gasteiger charge is -2.19. The van der Waals surface area contributed by atoms with E-state index >= 15 is 0 Å². The first kappa shape index (κ1) is 18.0. The Morgan fingerprint density at radius 1 is 1.18 bits per heavy atom. The standard InChI is InChI=1S/C15H18F3NO3/c1-9(2)13(14(21)22-3)19-12(20)8-10-4-6-11(7-5-10)15(16,17)18/h4-7,9,13H,8H2,1-3H3,(H,19,20)/t13-/m1/s1. The topological polar surface area (TPSA) is 55.4 Å². The number of hydrogen-bond donors (Lipinski definition) is 1. The minimum absolute atomic E-state index is 0.113. The van der Waals surface area contributed by atoms with Crippen LogP contribution in [-0.4, -0.2) is 25.0 Å². The first-order chi connectivity index (χ1) is 10.1. The van der Waals surface area contributed by atoms with Crippen molar-refractivity contribution in [1.29, 1.82) is 0 Å². The zero-order valence-electron chi connectivity index (χ0n) is 12.5. The maximum Gasteiger partial charge on any atom is 0.416 e. The van der Waals surface area contributed by atoms with Gasteiger partial charge in [-0.2, -0.15) is 13.2 Å². The van der Waals surface area contributed by atoms with E-state index in [1.807, 2.05) is 0 Å². The van der Waals surface area contributed by atoms with Crippen molar-refractivity contribution in [1.82, 2.24) is 5.32 Å². The Morgan fingerprint density at radius 2 is 1.73 bits per heavy atom. The highest BCUT2D eigenvalue weighted by molar-refractivity contribution is 5.85. The van der Waals surface area contributed by atoms with Crippen molar-refractivity contribution >= 4 is 11.9 Å². The molecule has 0 radical (unpaired) electrons. The first-order valence-corrected chi connectivity index (χ1v) is 6.68. The Labute approximate surface area is 126 Å². The lowest BCUT2D eigenvalue weighted by Crippen LogP contribution is -2.45. The van der Waals surface area contributed by atoms with Crippen LogP contribution in [0.2, 0.25) is 0 Å². The van der Waals surface area contributed by atoms with E-state index in [4.69, 9.17) is 0 Å². The number of carbonyl (C=O) groups is 2. The average molecular weight is 317 g/mol. The number of halogens is 3. The largest absolute Gasteiger partial charge is 0.467 e. The van der Waals surface area contributed by atoms with Crippen LogP contribution in [0, 0.1) is 5.92 Å². The van der Waals surface area contributed by atoms with E-state index in [0.29, 0.717) is 5.56 Å². The molecular weight excluding hydrogens is 299 g/mol. The number of alkyl halides is 3. The van der Waals surface area contributed by atoms with Gasteiger partial charge < -0.3 is 10.1 Å². The molecule has 1 atom stereocenters. The highest BCUT2D eigenvalue weighted by Crippen LogP contribution is 2.29. The van der Waals surface area contributed by atoms with E-state index in [0.717, 1.165) is 12.1 Å². The van der Waals surface area contributed by atoms with Gasteiger partial charge in [0.2, 0.25) is 5.91 Å². The van der Waals surface area contributed by atoms with Crippen molar-refractivity contribution in [3.63, 3.8) is 0 Å². The van der Waals surface area contributed by atoms with Crippen LogP contribution in [0.4, 0.5) is 13.2 Å². The number of amides is 1. The molecule has 1 rings (SSSR count). The Kier molecular flexibility index (Phi) is 5.96. The number of nitrogens with one attached hydrogen (secondary N) is 1. The van der Waals surface area contributed by atoms with Crippen molar-refractivity contribution in [2.75, 3.05) is 7.11 Å². The normalized spacial score (nSPS) is 12.9. The van der Waals surface area contributed by atoms with Crippen molar-refractivity contribution < 1.29 is 27.5 Å². The monoisotopic (exact) mass is 317 g/mol. The molecule has 0 aliphatic carbocycles. The fourth-order valence-corrected chi connectivity index (χ4v) is 1.85. The molecule has 122 valence electrons. The lowest BCUT2D eigenvalue weighted by molar-refractivity contribution is -0.146. The zero-order chi connectivity index (χ0) is 16.9. The van der Waals surface area contributed by atoms with Crippen LogP contribution in [0.5, 0.6) is 0 Å². The molecule has 0 aliphatic rings. The SMILES string of the molecule is COC(=O)[C@H](NC(=O)Cc1ccc(C(F)(F)F)cc1)C(C)C. The van der Waals surface area contributed by atoms with Crippen LogP contribution in [0.15, 0.2) is 24.3 Å². The third kappa shape index (κ3) is 5.05. The molecule has 0 heterocycles. The van der Waals surface area contributed by atoms with Gasteiger partial charge in [0.15, 0.2) is 0 Å². The van der Waals surface area contributed by atoms with Gasteiger partial charge in [-0.15, -0.1) is 0 Å². The molecule has 1 amide bonds. The van der Waals surface area contributed by atoms with Crippen molar-refractivity contribution in [2.45, 2.75) is 32.5 Å². The van der Waals surface area contributed by atoms with E-state index in [1.54, 1.807) is 13.8 Å². The van der Waals surface area contributed by atoms with Gasteiger partial charge in [0.25, 0.3) is 0 Å². The van der Waals surface area contributed by atoms with Gasteiger partial charge in [-0.1, -0.05) is 26.0 Å². The first-order valence-electron chi connectivity index (χ1n) is 6.68. The van der Waals surface area contributed by atoms with E-state index in [-0.39, 0.29) is 12.3 Å². The van der Waals surface area contributed by atoms with Gasteiger partial charge in [-0.3, -0.25) is 4.79 Å². The number of methoxy groups -OCH3 is 1. The van der Waals surface area contributed by atoms with Crippen LogP contribution in [-0.2, 0) is 26.9 Å². The third-order valence-corrected chi connectivity index (χ3v) is 3.08. The maximum absolute atomic E-state index is 12.4.